The van der Waals surface area contributed by atoms with Gasteiger partial charge in [0.2, 0.25) is 0 Å². The molecule has 0 aliphatic carbocycles. The Balaban J connectivity index is 2.94. The van der Waals surface area contributed by atoms with Crippen LogP contribution in [0.1, 0.15) is 110 Å². The van der Waals surface area contributed by atoms with Gasteiger partial charge in [-0.25, -0.2) is 0 Å². The van der Waals surface area contributed by atoms with Crippen molar-refractivity contribution in [1.82, 2.24) is 0 Å². The van der Waals surface area contributed by atoms with Crippen LogP contribution in [0.2, 0.25) is 0 Å². The van der Waals surface area contributed by atoms with E-state index in [-0.39, 0.29) is 0 Å². The number of ether oxygens (including phenoxy) is 2. The van der Waals surface area contributed by atoms with Gasteiger partial charge in [-0.05, 0) is 19.3 Å². The summed E-state index contributed by atoms with van der Waals surface area (Å²) < 4.78 is 11.0. The Morgan fingerprint density at radius 3 is 1.46 bits per heavy atom. The number of rotatable bonds is 20. The summed E-state index contributed by atoms with van der Waals surface area (Å²) in [6, 6.07) is 0. The maximum atomic E-state index is 5.52. The molecule has 0 unspecified atom stereocenters. The Bertz CT molecular complexity index is 257. The molecule has 0 spiro atoms. The van der Waals surface area contributed by atoms with Gasteiger partial charge in [-0.15, -0.1) is 12.3 Å². The van der Waals surface area contributed by atoms with E-state index in [1.807, 2.05) is 0 Å². The van der Waals surface area contributed by atoms with Crippen molar-refractivity contribution in [3.63, 3.8) is 0 Å². The van der Waals surface area contributed by atoms with Crippen LogP contribution in [0.5, 0.6) is 0 Å². The van der Waals surface area contributed by atoms with Crippen LogP contribution in [0.15, 0.2) is 0 Å². The Hall–Kier alpha value is -0.520. The van der Waals surface area contributed by atoms with Gasteiger partial charge in [0, 0.05) is 19.6 Å². The van der Waals surface area contributed by atoms with Crippen molar-refractivity contribution in [3.8, 4) is 12.3 Å². The fraction of sp³-hybridized carbons (Fsp3) is 0.909. The average molecular weight is 339 g/mol. The molecule has 0 N–H and O–H groups in total. The molecular formula is C22H42O2. The van der Waals surface area contributed by atoms with Crippen molar-refractivity contribution >= 4 is 0 Å². The van der Waals surface area contributed by atoms with Crippen molar-refractivity contribution in [2.24, 2.45) is 0 Å². The van der Waals surface area contributed by atoms with Crippen molar-refractivity contribution in [2.75, 3.05) is 20.0 Å². The Morgan fingerprint density at radius 1 is 0.583 bits per heavy atom. The largest absolute Gasteiger partial charge is 0.355 e. The number of terminal acetylenes is 1. The Morgan fingerprint density at radius 2 is 1.00 bits per heavy atom. The Labute approximate surface area is 152 Å². The van der Waals surface area contributed by atoms with E-state index in [1.165, 1.54) is 89.9 Å². The van der Waals surface area contributed by atoms with E-state index in [9.17, 15) is 0 Å². The molecule has 0 heterocycles. The molecular weight excluding hydrogens is 296 g/mol. The van der Waals surface area contributed by atoms with Gasteiger partial charge in [-0.3, -0.25) is 0 Å². The zero-order chi connectivity index (χ0) is 17.6. The van der Waals surface area contributed by atoms with Crippen LogP contribution in [0.25, 0.3) is 0 Å². The molecule has 0 aromatic heterocycles. The summed E-state index contributed by atoms with van der Waals surface area (Å²) >= 11 is 0. The van der Waals surface area contributed by atoms with Crippen molar-refractivity contribution in [3.05, 3.63) is 0 Å². The lowest BCUT2D eigenvalue weighted by Crippen LogP contribution is -2.03. The predicted octanol–water partition coefficient (Wildman–Crippen LogP) is 6.87. The zero-order valence-electron chi connectivity index (χ0n) is 16.3. The molecule has 0 amide bonds. The van der Waals surface area contributed by atoms with E-state index in [0.717, 1.165) is 26.1 Å². The van der Waals surface area contributed by atoms with E-state index in [0.29, 0.717) is 6.79 Å². The third-order valence-corrected chi connectivity index (χ3v) is 4.42. The molecule has 0 fully saturated rings. The molecule has 0 saturated carbocycles. The quantitative estimate of drug-likeness (QED) is 0.137. The van der Waals surface area contributed by atoms with Crippen LogP contribution in [-0.4, -0.2) is 20.0 Å². The van der Waals surface area contributed by atoms with Crippen LogP contribution >= 0.6 is 0 Å². The second kappa shape index (κ2) is 22.5. The van der Waals surface area contributed by atoms with Crippen molar-refractivity contribution in [1.29, 1.82) is 0 Å². The van der Waals surface area contributed by atoms with E-state index in [4.69, 9.17) is 15.9 Å². The van der Waals surface area contributed by atoms with Crippen LogP contribution in [0.4, 0.5) is 0 Å². The van der Waals surface area contributed by atoms with Gasteiger partial charge in [-0.1, -0.05) is 84.0 Å². The summed E-state index contributed by atoms with van der Waals surface area (Å²) in [6.07, 6.45) is 25.8. The lowest BCUT2D eigenvalue weighted by molar-refractivity contribution is -0.0556. The Kier molecular flexibility index (Phi) is 22.0. The van der Waals surface area contributed by atoms with Crippen LogP contribution in [0.3, 0.4) is 0 Å². The first-order chi connectivity index (χ1) is 11.9. The fourth-order valence-corrected chi connectivity index (χ4v) is 2.83. The molecule has 0 bridgehead atoms. The number of unbranched alkanes of at least 4 members (excludes halogenated alkanes) is 14. The van der Waals surface area contributed by atoms with Gasteiger partial charge < -0.3 is 9.47 Å². The van der Waals surface area contributed by atoms with E-state index in [1.54, 1.807) is 0 Å². The summed E-state index contributed by atoms with van der Waals surface area (Å²) in [7, 11) is 0. The lowest BCUT2D eigenvalue weighted by atomic mass is 10.1. The third kappa shape index (κ3) is 21.5. The van der Waals surface area contributed by atoms with Gasteiger partial charge >= 0.3 is 0 Å². The van der Waals surface area contributed by atoms with Gasteiger partial charge in [-0.2, -0.15) is 0 Å². The fourth-order valence-electron chi connectivity index (χ4n) is 2.83. The first-order valence-corrected chi connectivity index (χ1v) is 10.5. The zero-order valence-corrected chi connectivity index (χ0v) is 16.3. The normalized spacial score (nSPS) is 10.8. The van der Waals surface area contributed by atoms with Gasteiger partial charge in [0.25, 0.3) is 0 Å². The highest BCUT2D eigenvalue weighted by Gasteiger charge is 1.94. The standard InChI is InChI=1S/C22H42O2/c1-3-5-7-9-11-12-13-15-17-19-21-24-22-23-20-18-16-14-10-8-6-4-2/h1H,4-22H2,2H3. The van der Waals surface area contributed by atoms with Gasteiger partial charge in [0.1, 0.15) is 6.79 Å². The molecule has 142 valence electrons. The van der Waals surface area contributed by atoms with E-state index >= 15 is 0 Å². The molecule has 0 atom stereocenters. The molecule has 2 heteroatoms. The van der Waals surface area contributed by atoms with E-state index in [2.05, 4.69) is 12.8 Å². The molecule has 0 saturated heterocycles. The first kappa shape index (κ1) is 23.5. The van der Waals surface area contributed by atoms with Crippen LogP contribution < -0.4 is 0 Å². The molecule has 0 radical (unpaired) electrons. The molecule has 0 rings (SSSR count). The third-order valence-electron chi connectivity index (χ3n) is 4.42. The molecule has 2 nitrogen and oxygen atoms in total. The summed E-state index contributed by atoms with van der Waals surface area (Å²) in [5.41, 5.74) is 0. The predicted molar refractivity (Wildman–Crippen MR) is 105 cm³/mol. The highest BCUT2D eigenvalue weighted by Crippen LogP contribution is 2.09. The smallest absolute Gasteiger partial charge is 0.146 e. The first-order valence-electron chi connectivity index (χ1n) is 10.5. The molecule has 0 aliphatic rings. The van der Waals surface area contributed by atoms with Crippen LogP contribution in [-0.2, 0) is 9.47 Å². The molecule has 0 aromatic rings. The maximum Gasteiger partial charge on any atom is 0.146 e. The summed E-state index contributed by atoms with van der Waals surface area (Å²) in [4.78, 5) is 0. The highest BCUT2D eigenvalue weighted by atomic mass is 16.7. The topological polar surface area (TPSA) is 18.5 Å². The molecule has 0 aliphatic heterocycles. The summed E-state index contributed by atoms with van der Waals surface area (Å²) in [6.45, 7) is 4.44. The lowest BCUT2D eigenvalue weighted by Gasteiger charge is -2.06. The van der Waals surface area contributed by atoms with Gasteiger partial charge in [0.15, 0.2) is 0 Å². The van der Waals surface area contributed by atoms with Gasteiger partial charge in [0.05, 0.1) is 0 Å². The monoisotopic (exact) mass is 338 g/mol. The summed E-state index contributed by atoms with van der Waals surface area (Å²) in [5.74, 6) is 2.70. The minimum atomic E-state index is 0.477. The average Bonchev–Trinajstić information content (AvgIpc) is 2.60. The van der Waals surface area contributed by atoms with Crippen molar-refractivity contribution < 1.29 is 9.47 Å². The minimum Gasteiger partial charge on any atom is -0.355 e. The second-order valence-electron chi connectivity index (χ2n) is 6.84. The molecule has 24 heavy (non-hydrogen) atoms. The number of hydrogen-bond donors (Lipinski definition) is 0. The van der Waals surface area contributed by atoms with E-state index < -0.39 is 0 Å². The number of hydrogen-bond acceptors (Lipinski definition) is 2. The molecule has 0 aromatic carbocycles. The summed E-state index contributed by atoms with van der Waals surface area (Å²) in [5, 5.41) is 0. The van der Waals surface area contributed by atoms with Crippen LogP contribution in [0, 0.1) is 12.3 Å². The van der Waals surface area contributed by atoms with Crippen molar-refractivity contribution in [2.45, 2.75) is 110 Å². The SMILES string of the molecule is C#CCCCCCCCCCCOCOCCCCCCCCC. The minimum absolute atomic E-state index is 0.477. The second-order valence-corrected chi connectivity index (χ2v) is 6.84. The maximum absolute atomic E-state index is 5.52. The highest BCUT2D eigenvalue weighted by molar-refractivity contribution is 4.82.